The van der Waals surface area contributed by atoms with Crippen LogP contribution in [0.2, 0.25) is 0 Å². The Morgan fingerprint density at radius 2 is 1.85 bits per heavy atom. The Kier molecular flexibility index (Phi) is 8.96. The zero-order chi connectivity index (χ0) is 26.9. The third-order valence-corrected chi connectivity index (χ3v) is 7.24. The number of hydrogen-bond donors (Lipinski definition) is 3. The monoisotopic (exact) mass is 524 g/mol. The predicted molar refractivity (Wildman–Crippen MR) is 155 cm³/mol. The molecule has 0 radical (unpaired) electrons. The number of aryl methyl sites for hydroxylation is 2. The molecule has 3 heterocycles. The molecule has 0 bridgehead atoms. The number of nitrogens with one attached hydrogen (secondary N) is 2. The number of nitrogens with zero attached hydrogens (tertiary/aromatic N) is 4. The third-order valence-electron chi connectivity index (χ3n) is 7.24. The van der Waals surface area contributed by atoms with Gasteiger partial charge in [-0.1, -0.05) is 48.5 Å². The van der Waals surface area contributed by atoms with E-state index in [4.69, 9.17) is 4.98 Å². The van der Waals surface area contributed by atoms with Crippen molar-refractivity contribution in [2.75, 3.05) is 30.3 Å². The summed E-state index contributed by atoms with van der Waals surface area (Å²) in [7, 11) is 0. The Labute approximate surface area is 229 Å². The summed E-state index contributed by atoms with van der Waals surface area (Å²) < 4.78 is 0. The Morgan fingerprint density at radius 1 is 1.00 bits per heavy atom. The van der Waals surface area contributed by atoms with E-state index in [1.165, 1.54) is 23.9 Å². The van der Waals surface area contributed by atoms with Crippen LogP contribution in [0.15, 0.2) is 73.1 Å². The number of para-hydroxylation sites is 1. The molecule has 5 rings (SSSR count). The van der Waals surface area contributed by atoms with Gasteiger partial charge in [0.2, 0.25) is 0 Å². The summed E-state index contributed by atoms with van der Waals surface area (Å²) in [6, 6.07) is 21.6. The Morgan fingerprint density at radius 3 is 2.72 bits per heavy atom. The van der Waals surface area contributed by atoms with E-state index in [1.54, 1.807) is 0 Å². The standard InChI is InChI=1S/C31H36N6O2/c38-31(39)28(36-30-26-13-4-5-14-27(26)33-22-34-30)17-20-37(21-23-9-2-1-3-10-23)19-7-6-12-25-16-15-24-11-8-18-32-29(24)35-25/h1-5,9-10,13-16,22,28H,6-8,11-12,17-21H2,(H,32,35)(H,38,39)(H,33,34,36)/t28-/m0/s1. The van der Waals surface area contributed by atoms with Crippen molar-refractivity contribution in [2.45, 2.75) is 51.1 Å². The van der Waals surface area contributed by atoms with E-state index in [0.717, 1.165) is 67.7 Å². The molecule has 2 aromatic carbocycles. The topological polar surface area (TPSA) is 103 Å². The van der Waals surface area contributed by atoms with Gasteiger partial charge in [-0.25, -0.2) is 19.7 Å². The van der Waals surface area contributed by atoms with Crippen LogP contribution in [0.1, 0.15) is 42.5 Å². The molecule has 0 saturated heterocycles. The van der Waals surface area contributed by atoms with Crippen molar-refractivity contribution >= 4 is 28.5 Å². The maximum atomic E-state index is 12.2. The van der Waals surface area contributed by atoms with Gasteiger partial charge in [-0.2, -0.15) is 0 Å². The molecule has 1 aliphatic heterocycles. The van der Waals surface area contributed by atoms with Gasteiger partial charge in [0.1, 0.15) is 24.0 Å². The molecule has 202 valence electrons. The molecule has 8 nitrogen and oxygen atoms in total. The van der Waals surface area contributed by atoms with Gasteiger partial charge < -0.3 is 15.7 Å². The van der Waals surface area contributed by atoms with Crippen molar-refractivity contribution in [3.8, 4) is 0 Å². The number of carboxylic acid groups (broad SMARTS) is 1. The number of unbranched alkanes of at least 4 members (excludes halogenated alkanes) is 1. The van der Waals surface area contributed by atoms with Gasteiger partial charge >= 0.3 is 5.97 Å². The summed E-state index contributed by atoms with van der Waals surface area (Å²) >= 11 is 0. The van der Waals surface area contributed by atoms with Gasteiger partial charge in [0.15, 0.2) is 0 Å². The van der Waals surface area contributed by atoms with Gasteiger partial charge in [0.25, 0.3) is 0 Å². The van der Waals surface area contributed by atoms with E-state index in [1.807, 2.05) is 42.5 Å². The minimum absolute atomic E-state index is 0.457. The first-order valence-corrected chi connectivity index (χ1v) is 13.8. The van der Waals surface area contributed by atoms with Crippen LogP contribution in [-0.2, 0) is 24.2 Å². The Bertz CT molecular complexity index is 1370. The number of benzene rings is 2. The lowest BCUT2D eigenvalue weighted by Gasteiger charge is -2.25. The van der Waals surface area contributed by atoms with Crippen LogP contribution in [0.25, 0.3) is 10.9 Å². The first-order chi connectivity index (χ1) is 19.2. The lowest BCUT2D eigenvalue weighted by molar-refractivity contribution is -0.138. The molecule has 0 amide bonds. The molecule has 0 unspecified atom stereocenters. The molecule has 0 fully saturated rings. The molecule has 1 atom stereocenters. The summed E-state index contributed by atoms with van der Waals surface area (Å²) in [4.78, 5) is 28.0. The van der Waals surface area contributed by atoms with Gasteiger partial charge in [-0.3, -0.25) is 4.90 Å². The van der Waals surface area contributed by atoms with Gasteiger partial charge in [-0.15, -0.1) is 0 Å². The zero-order valence-electron chi connectivity index (χ0n) is 22.2. The van der Waals surface area contributed by atoms with Crippen molar-refractivity contribution in [1.29, 1.82) is 0 Å². The maximum Gasteiger partial charge on any atom is 0.326 e. The number of rotatable bonds is 13. The lowest BCUT2D eigenvalue weighted by atomic mass is 10.1. The minimum atomic E-state index is -0.885. The molecule has 1 aliphatic rings. The molecular formula is C31H36N6O2. The maximum absolute atomic E-state index is 12.2. The number of aromatic nitrogens is 3. The van der Waals surface area contributed by atoms with E-state index >= 15 is 0 Å². The molecule has 8 heteroatoms. The van der Waals surface area contributed by atoms with Gasteiger partial charge in [0, 0.05) is 30.7 Å². The van der Waals surface area contributed by atoms with Crippen LogP contribution in [0.4, 0.5) is 11.6 Å². The zero-order valence-corrected chi connectivity index (χ0v) is 22.2. The van der Waals surface area contributed by atoms with Crippen molar-refractivity contribution in [3.63, 3.8) is 0 Å². The average molecular weight is 525 g/mol. The highest BCUT2D eigenvalue weighted by Crippen LogP contribution is 2.22. The van der Waals surface area contributed by atoms with Crippen molar-refractivity contribution in [1.82, 2.24) is 19.9 Å². The third kappa shape index (κ3) is 7.29. The molecule has 2 aromatic heterocycles. The number of hydrogen-bond acceptors (Lipinski definition) is 7. The summed E-state index contributed by atoms with van der Waals surface area (Å²) in [5, 5.41) is 17.4. The molecule has 4 aromatic rings. The second-order valence-corrected chi connectivity index (χ2v) is 10.1. The molecule has 0 spiro atoms. The van der Waals surface area contributed by atoms with Crippen LogP contribution in [-0.4, -0.2) is 56.6 Å². The molecule has 0 aliphatic carbocycles. The minimum Gasteiger partial charge on any atom is -0.480 e. The van der Waals surface area contributed by atoms with Crippen LogP contribution in [0.5, 0.6) is 0 Å². The van der Waals surface area contributed by atoms with E-state index in [0.29, 0.717) is 18.8 Å². The number of anilines is 2. The molecule has 3 N–H and O–H groups in total. The van der Waals surface area contributed by atoms with E-state index in [-0.39, 0.29) is 0 Å². The number of carbonyl (C=O) groups is 1. The second-order valence-electron chi connectivity index (χ2n) is 10.1. The SMILES string of the molecule is O=C(O)[C@H](CCN(CCCCc1ccc2c(n1)NCCC2)Cc1ccccc1)Nc1ncnc2ccccc12. The Hall–Kier alpha value is -4.04. The van der Waals surface area contributed by atoms with Crippen molar-refractivity contribution in [2.24, 2.45) is 0 Å². The highest BCUT2D eigenvalue weighted by Gasteiger charge is 2.20. The second kappa shape index (κ2) is 13.2. The molecule has 0 saturated carbocycles. The summed E-state index contributed by atoms with van der Waals surface area (Å²) in [5.74, 6) is 0.715. The molecular weight excluding hydrogens is 488 g/mol. The highest BCUT2D eigenvalue weighted by molar-refractivity contribution is 5.90. The van der Waals surface area contributed by atoms with Crippen molar-refractivity contribution in [3.05, 3.63) is 89.9 Å². The summed E-state index contributed by atoms with van der Waals surface area (Å²) in [6.07, 6.45) is 7.18. The molecule has 39 heavy (non-hydrogen) atoms. The fourth-order valence-corrected chi connectivity index (χ4v) is 5.12. The largest absolute Gasteiger partial charge is 0.480 e. The van der Waals surface area contributed by atoms with Gasteiger partial charge in [0.05, 0.1) is 5.52 Å². The lowest BCUT2D eigenvalue weighted by Crippen LogP contribution is -2.35. The average Bonchev–Trinajstić information content (AvgIpc) is 2.97. The predicted octanol–water partition coefficient (Wildman–Crippen LogP) is 5.16. The Balaban J connectivity index is 1.19. The van der Waals surface area contributed by atoms with Crippen molar-refractivity contribution < 1.29 is 9.90 Å². The number of fused-ring (bicyclic) bond motifs is 2. The number of aliphatic carboxylic acids is 1. The van der Waals surface area contributed by atoms with E-state index in [9.17, 15) is 9.90 Å². The normalized spacial score (nSPS) is 13.6. The van der Waals surface area contributed by atoms with Gasteiger partial charge in [-0.05, 0) is 74.4 Å². The van der Waals surface area contributed by atoms with Crippen LogP contribution in [0.3, 0.4) is 0 Å². The smallest absolute Gasteiger partial charge is 0.326 e. The van der Waals surface area contributed by atoms with E-state index in [2.05, 4.69) is 49.8 Å². The highest BCUT2D eigenvalue weighted by atomic mass is 16.4. The summed E-state index contributed by atoms with van der Waals surface area (Å²) in [5.41, 5.74) is 4.45. The van der Waals surface area contributed by atoms with Crippen LogP contribution < -0.4 is 10.6 Å². The van der Waals surface area contributed by atoms with Crippen LogP contribution >= 0.6 is 0 Å². The number of pyridine rings is 1. The number of carboxylic acids is 1. The fraction of sp³-hybridized carbons (Fsp3) is 0.355. The quantitative estimate of drug-likeness (QED) is 0.206. The van der Waals surface area contributed by atoms with E-state index < -0.39 is 12.0 Å². The summed E-state index contributed by atoms with van der Waals surface area (Å²) in [6.45, 7) is 3.33. The first-order valence-electron chi connectivity index (χ1n) is 13.8. The fourth-order valence-electron chi connectivity index (χ4n) is 5.12. The first kappa shape index (κ1) is 26.6. The van der Waals surface area contributed by atoms with Crippen LogP contribution in [0, 0.1) is 0 Å².